The summed E-state index contributed by atoms with van der Waals surface area (Å²) in [5.41, 5.74) is -1.69. The Morgan fingerprint density at radius 1 is 1.42 bits per heavy atom. The van der Waals surface area contributed by atoms with Gasteiger partial charge < -0.3 is 4.74 Å². The first-order valence-electron chi connectivity index (χ1n) is 7.03. The third kappa shape index (κ3) is 4.83. The molecular formula is C16H11F3N2O3S2. The van der Waals surface area contributed by atoms with Crippen LogP contribution >= 0.6 is 23.1 Å². The maximum absolute atomic E-state index is 13.3. The molecule has 2 aromatic rings. The molecule has 2 rings (SSSR count). The van der Waals surface area contributed by atoms with Gasteiger partial charge in [0.25, 0.3) is 0 Å². The number of hydrogen-bond acceptors (Lipinski definition) is 7. The van der Waals surface area contributed by atoms with Crippen LogP contribution in [0.25, 0.3) is 10.6 Å². The van der Waals surface area contributed by atoms with E-state index in [-0.39, 0.29) is 16.5 Å². The highest BCUT2D eigenvalue weighted by atomic mass is 32.2. The van der Waals surface area contributed by atoms with Gasteiger partial charge in [-0.1, -0.05) is 17.8 Å². The van der Waals surface area contributed by atoms with Crippen molar-refractivity contribution in [1.82, 2.24) is 4.98 Å². The largest absolute Gasteiger partial charge is 0.469 e. The Balaban J connectivity index is 2.40. The first kappa shape index (κ1) is 19.9. The Hall–Kier alpha value is -2.38. The van der Waals surface area contributed by atoms with Gasteiger partial charge >= 0.3 is 12.1 Å². The van der Waals surface area contributed by atoms with E-state index in [2.05, 4.69) is 9.72 Å². The van der Waals surface area contributed by atoms with Crippen molar-refractivity contribution in [3.8, 4) is 16.6 Å². The van der Waals surface area contributed by atoms with Crippen LogP contribution in [0.3, 0.4) is 0 Å². The summed E-state index contributed by atoms with van der Waals surface area (Å²) >= 11 is 1.89. The maximum Gasteiger partial charge on any atom is 0.417 e. The summed E-state index contributed by atoms with van der Waals surface area (Å²) < 4.78 is 44.4. The van der Waals surface area contributed by atoms with Crippen molar-refractivity contribution in [3.05, 3.63) is 34.7 Å². The number of alkyl halides is 3. The molecule has 0 N–H and O–H groups in total. The molecule has 0 aliphatic heterocycles. The van der Waals surface area contributed by atoms with Gasteiger partial charge in [-0.25, -0.2) is 4.98 Å². The Labute approximate surface area is 154 Å². The molecule has 0 saturated carbocycles. The van der Waals surface area contributed by atoms with Gasteiger partial charge in [0.15, 0.2) is 5.78 Å². The second-order valence-corrected chi connectivity index (χ2v) is 6.81. The van der Waals surface area contributed by atoms with E-state index < -0.39 is 35.5 Å². The van der Waals surface area contributed by atoms with E-state index in [0.29, 0.717) is 16.6 Å². The lowest BCUT2D eigenvalue weighted by molar-refractivity contribution is -0.143. The highest BCUT2D eigenvalue weighted by Gasteiger charge is 2.36. The first-order valence-corrected chi connectivity index (χ1v) is 8.90. The molecule has 136 valence electrons. The summed E-state index contributed by atoms with van der Waals surface area (Å²) in [4.78, 5) is 27.4. The lowest BCUT2D eigenvalue weighted by atomic mass is 10.1. The predicted molar refractivity (Wildman–Crippen MR) is 89.6 cm³/mol. The number of aromatic nitrogens is 1. The van der Waals surface area contributed by atoms with Crippen molar-refractivity contribution in [2.24, 2.45) is 0 Å². The summed E-state index contributed by atoms with van der Waals surface area (Å²) in [6, 6.07) is 5.61. The van der Waals surface area contributed by atoms with Crippen molar-refractivity contribution >= 4 is 34.9 Å². The van der Waals surface area contributed by atoms with Gasteiger partial charge in [-0.05, 0) is 17.5 Å². The van der Waals surface area contributed by atoms with Gasteiger partial charge in [-0.15, -0.1) is 11.3 Å². The minimum atomic E-state index is -4.74. The predicted octanol–water partition coefficient (Wildman–Crippen LogP) is 3.92. The summed E-state index contributed by atoms with van der Waals surface area (Å²) in [5.74, 6) is -1.59. The number of carbonyl (C=O) groups excluding carboxylic acids is 2. The lowest BCUT2D eigenvalue weighted by Crippen LogP contribution is -2.13. The van der Waals surface area contributed by atoms with E-state index in [1.807, 2.05) is 0 Å². The van der Waals surface area contributed by atoms with Gasteiger partial charge in [0.05, 0.1) is 34.6 Å². The number of carbonyl (C=O) groups is 2. The van der Waals surface area contributed by atoms with E-state index in [4.69, 9.17) is 0 Å². The van der Waals surface area contributed by atoms with E-state index in [0.717, 1.165) is 13.2 Å². The SMILES string of the molecule is COC(=O)CC(=O)CSc1nc(-c2cccs2)cc(C(F)(F)F)c1C#N. The first-order chi connectivity index (χ1) is 12.3. The molecule has 0 aliphatic rings. The quantitative estimate of drug-likeness (QED) is 0.415. The number of thioether (sulfide) groups is 1. The Morgan fingerprint density at radius 3 is 2.69 bits per heavy atom. The van der Waals surface area contributed by atoms with Crippen molar-refractivity contribution in [2.45, 2.75) is 17.6 Å². The lowest BCUT2D eigenvalue weighted by Gasteiger charge is -2.13. The van der Waals surface area contributed by atoms with E-state index in [9.17, 15) is 28.0 Å². The minimum Gasteiger partial charge on any atom is -0.469 e. The highest BCUT2D eigenvalue weighted by molar-refractivity contribution is 8.00. The molecule has 0 saturated heterocycles. The molecule has 0 fully saturated rings. The number of halogens is 3. The number of ether oxygens (including phenoxy) is 1. The zero-order valence-corrected chi connectivity index (χ0v) is 14.9. The smallest absolute Gasteiger partial charge is 0.417 e. The highest BCUT2D eigenvalue weighted by Crippen LogP contribution is 2.38. The molecule has 26 heavy (non-hydrogen) atoms. The number of ketones is 1. The molecule has 0 bridgehead atoms. The van der Waals surface area contributed by atoms with Crippen LogP contribution in [0.4, 0.5) is 13.2 Å². The number of nitriles is 1. The number of methoxy groups -OCH3 is 1. The average molecular weight is 400 g/mol. The van der Waals surface area contributed by atoms with Crippen molar-refractivity contribution in [3.63, 3.8) is 0 Å². The zero-order valence-electron chi connectivity index (χ0n) is 13.3. The van der Waals surface area contributed by atoms with Crippen molar-refractivity contribution in [1.29, 1.82) is 5.26 Å². The molecule has 2 heterocycles. The van der Waals surface area contributed by atoms with Crippen LogP contribution in [0.5, 0.6) is 0 Å². The molecule has 0 unspecified atom stereocenters. The van der Waals surface area contributed by atoms with Gasteiger partial charge in [-0.3, -0.25) is 9.59 Å². The third-order valence-electron chi connectivity index (χ3n) is 3.12. The fraction of sp³-hybridized carbons (Fsp3) is 0.250. The fourth-order valence-electron chi connectivity index (χ4n) is 1.94. The van der Waals surface area contributed by atoms with Crippen LogP contribution in [-0.2, 0) is 20.5 Å². The second kappa shape index (κ2) is 8.33. The number of hydrogen-bond donors (Lipinski definition) is 0. The number of Topliss-reactive ketones (excluding diaryl/α,β-unsaturated/α-hetero) is 1. The molecule has 5 nitrogen and oxygen atoms in total. The van der Waals surface area contributed by atoms with Gasteiger partial charge in [-0.2, -0.15) is 18.4 Å². The number of pyridine rings is 1. The number of thiophene rings is 1. The van der Waals surface area contributed by atoms with Crippen LogP contribution in [0, 0.1) is 11.3 Å². The van der Waals surface area contributed by atoms with E-state index in [1.54, 1.807) is 17.5 Å². The summed E-state index contributed by atoms with van der Waals surface area (Å²) in [7, 11) is 1.12. The maximum atomic E-state index is 13.3. The molecule has 0 amide bonds. The third-order valence-corrected chi connectivity index (χ3v) is 5.04. The molecular weight excluding hydrogens is 389 g/mol. The summed E-state index contributed by atoms with van der Waals surface area (Å²) in [6.07, 6.45) is -5.24. The van der Waals surface area contributed by atoms with Crippen LogP contribution in [0.15, 0.2) is 28.6 Å². The van der Waals surface area contributed by atoms with E-state index in [1.165, 1.54) is 17.4 Å². The summed E-state index contributed by atoms with van der Waals surface area (Å²) in [5, 5.41) is 10.7. The average Bonchev–Trinajstić information content (AvgIpc) is 3.12. The molecule has 0 aliphatic carbocycles. The molecule has 2 aromatic heterocycles. The number of nitrogens with zero attached hydrogens (tertiary/aromatic N) is 2. The van der Waals surface area contributed by atoms with Crippen LogP contribution in [-0.4, -0.2) is 29.6 Å². The van der Waals surface area contributed by atoms with Gasteiger partial charge in [0.1, 0.15) is 17.5 Å². The fourth-order valence-corrected chi connectivity index (χ4v) is 3.49. The van der Waals surface area contributed by atoms with Gasteiger partial charge in [0, 0.05) is 0 Å². The standard InChI is InChI=1S/C16H11F3N2O3S2/c1-24-14(23)5-9(22)8-26-15-10(7-20)11(16(17,18)19)6-12(21-15)13-3-2-4-25-13/h2-4,6H,5,8H2,1H3. The summed E-state index contributed by atoms with van der Waals surface area (Å²) in [6.45, 7) is 0. The van der Waals surface area contributed by atoms with Crippen LogP contribution in [0.2, 0.25) is 0 Å². The Kier molecular flexibility index (Phi) is 6.39. The number of esters is 1. The molecule has 0 atom stereocenters. The van der Waals surface area contributed by atoms with Gasteiger partial charge in [0.2, 0.25) is 0 Å². The minimum absolute atomic E-state index is 0.0641. The monoisotopic (exact) mass is 400 g/mol. The van der Waals surface area contributed by atoms with Crippen LogP contribution < -0.4 is 0 Å². The Morgan fingerprint density at radius 2 is 2.15 bits per heavy atom. The Bertz CT molecular complexity index is 859. The van der Waals surface area contributed by atoms with E-state index >= 15 is 0 Å². The normalized spacial score (nSPS) is 11.0. The molecule has 10 heteroatoms. The number of rotatable bonds is 6. The molecule has 0 radical (unpaired) electrons. The molecule has 0 spiro atoms. The zero-order chi connectivity index (χ0) is 19.3. The van der Waals surface area contributed by atoms with Crippen molar-refractivity contribution < 1.29 is 27.5 Å². The molecule has 0 aromatic carbocycles. The topological polar surface area (TPSA) is 80.1 Å². The second-order valence-electron chi connectivity index (χ2n) is 4.90. The van der Waals surface area contributed by atoms with Crippen LogP contribution in [0.1, 0.15) is 17.5 Å². The van der Waals surface area contributed by atoms with Crippen molar-refractivity contribution in [2.75, 3.05) is 12.9 Å².